The summed E-state index contributed by atoms with van der Waals surface area (Å²) in [5.74, 6) is -0.160. The van der Waals surface area contributed by atoms with Gasteiger partial charge in [0.15, 0.2) is 0 Å². The summed E-state index contributed by atoms with van der Waals surface area (Å²) in [6, 6.07) is 13.0. The predicted octanol–water partition coefficient (Wildman–Crippen LogP) is 4.98. The summed E-state index contributed by atoms with van der Waals surface area (Å²) in [5, 5.41) is 4.13. The number of likely N-dealkylation sites (N-methyl/N-ethyl adjacent to an activating group) is 1. The first-order chi connectivity index (χ1) is 9.61. The SMILES string of the molecule is CCNC(Cc1ccccc1F)c1ccc(I)c(Cl)c1. The highest BCUT2D eigenvalue weighted by Gasteiger charge is 2.14. The van der Waals surface area contributed by atoms with E-state index in [1.807, 2.05) is 37.3 Å². The summed E-state index contributed by atoms with van der Waals surface area (Å²) in [6.45, 7) is 2.87. The Bertz CT molecular complexity index is 588. The highest BCUT2D eigenvalue weighted by molar-refractivity contribution is 14.1. The van der Waals surface area contributed by atoms with E-state index in [1.165, 1.54) is 6.07 Å². The average Bonchev–Trinajstić information content (AvgIpc) is 2.44. The molecule has 2 aromatic rings. The van der Waals surface area contributed by atoms with Crippen LogP contribution in [0.1, 0.15) is 24.1 Å². The molecule has 0 aliphatic carbocycles. The van der Waals surface area contributed by atoms with E-state index in [0.717, 1.165) is 20.7 Å². The van der Waals surface area contributed by atoms with Crippen LogP contribution in [0.5, 0.6) is 0 Å². The Hall–Kier alpha value is -0.650. The molecular formula is C16H16ClFIN. The lowest BCUT2D eigenvalue weighted by Gasteiger charge is -2.19. The van der Waals surface area contributed by atoms with Crippen LogP contribution in [0.15, 0.2) is 42.5 Å². The topological polar surface area (TPSA) is 12.0 Å². The van der Waals surface area contributed by atoms with Gasteiger partial charge in [-0.2, -0.15) is 0 Å². The summed E-state index contributed by atoms with van der Waals surface area (Å²) in [4.78, 5) is 0. The van der Waals surface area contributed by atoms with E-state index in [-0.39, 0.29) is 11.9 Å². The molecule has 0 aliphatic heterocycles. The molecule has 0 saturated carbocycles. The zero-order valence-corrected chi connectivity index (χ0v) is 14.1. The molecule has 20 heavy (non-hydrogen) atoms. The highest BCUT2D eigenvalue weighted by atomic mass is 127. The molecule has 0 aliphatic rings. The van der Waals surface area contributed by atoms with Crippen LogP contribution >= 0.6 is 34.2 Å². The van der Waals surface area contributed by atoms with Crippen molar-refractivity contribution in [3.05, 3.63) is 68.0 Å². The van der Waals surface area contributed by atoms with Gasteiger partial charge in [0.2, 0.25) is 0 Å². The first kappa shape index (κ1) is 15.7. The molecule has 0 spiro atoms. The van der Waals surface area contributed by atoms with Gasteiger partial charge in [-0.15, -0.1) is 0 Å². The van der Waals surface area contributed by atoms with Crippen LogP contribution < -0.4 is 5.32 Å². The van der Waals surface area contributed by atoms with Gasteiger partial charge in [0.1, 0.15) is 5.82 Å². The molecule has 1 N–H and O–H groups in total. The molecule has 1 atom stereocenters. The monoisotopic (exact) mass is 403 g/mol. The smallest absolute Gasteiger partial charge is 0.126 e. The number of benzene rings is 2. The molecule has 0 heterocycles. The van der Waals surface area contributed by atoms with E-state index in [4.69, 9.17) is 11.6 Å². The second-order valence-electron chi connectivity index (χ2n) is 4.58. The predicted molar refractivity (Wildman–Crippen MR) is 90.7 cm³/mol. The maximum Gasteiger partial charge on any atom is 0.126 e. The molecule has 106 valence electrons. The van der Waals surface area contributed by atoms with Crippen LogP contribution in [-0.4, -0.2) is 6.54 Å². The number of hydrogen-bond donors (Lipinski definition) is 1. The molecule has 0 fully saturated rings. The van der Waals surface area contributed by atoms with E-state index in [9.17, 15) is 4.39 Å². The normalized spacial score (nSPS) is 12.4. The fourth-order valence-electron chi connectivity index (χ4n) is 2.17. The minimum Gasteiger partial charge on any atom is -0.310 e. The molecule has 0 amide bonds. The second kappa shape index (κ2) is 7.38. The minimum atomic E-state index is -0.160. The Kier molecular flexibility index (Phi) is 5.81. The van der Waals surface area contributed by atoms with Crippen molar-refractivity contribution in [3.8, 4) is 0 Å². The van der Waals surface area contributed by atoms with E-state index < -0.39 is 0 Å². The van der Waals surface area contributed by atoms with Crippen LogP contribution in [0.2, 0.25) is 5.02 Å². The summed E-state index contributed by atoms with van der Waals surface area (Å²) >= 11 is 8.39. The van der Waals surface area contributed by atoms with Crippen molar-refractivity contribution >= 4 is 34.2 Å². The van der Waals surface area contributed by atoms with Gasteiger partial charge in [0.25, 0.3) is 0 Å². The molecule has 2 rings (SSSR count). The van der Waals surface area contributed by atoms with Crippen LogP contribution in [0.25, 0.3) is 0 Å². The van der Waals surface area contributed by atoms with Gasteiger partial charge in [0, 0.05) is 9.61 Å². The Morgan fingerprint density at radius 2 is 2.00 bits per heavy atom. The molecule has 0 saturated heterocycles. The number of rotatable bonds is 5. The molecule has 0 radical (unpaired) electrons. The van der Waals surface area contributed by atoms with Crippen molar-refractivity contribution in [1.82, 2.24) is 5.32 Å². The van der Waals surface area contributed by atoms with E-state index >= 15 is 0 Å². The maximum absolute atomic E-state index is 13.8. The Balaban J connectivity index is 2.27. The van der Waals surface area contributed by atoms with E-state index in [1.54, 1.807) is 6.07 Å². The molecule has 1 unspecified atom stereocenters. The second-order valence-corrected chi connectivity index (χ2v) is 6.15. The third-order valence-electron chi connectivity index (χ3n) is 3.18. The van der Waals surface area contributed by atoms with Gasteiger partial charge >= 0.3 is 0 Å². The molecular weight excluding hydrogens is 388 g/mol. The third-order valence-corrected chi connectivity index (χ3v) is 4.75. The lowest BCUT2D eigenvalue weighted by atomic mass is 9.98. The van der Waals surface area contributed by atoms with Gasteiger partial charge in [-0.3, -0.25) is 0 Å². The maximum atomic E-state index is 13.8. The number of nitrogens with one attached hydrogen (secondary N) is 1. The average molecular weight is 404 g/mol. The zero-order valence-electron chi connectivity index (χ0n) is 11.2. The van der Waals surface area contributed by atoms with Crippen LogP contribution in [0.3, 0.4) is 0 Å². The van der Waals surface area contributed by atoms with Crippen molar-refractivity contribution in [1.29, 1.82) is 0 Å². The lowest BCUT2D eigenvalue weighted by molar-refractivity contribution is 0.528. The van der Waals surface area contributed by atoms with Crippen molar-refractivity contribution in [2.45, 2.75) is 19.4 Å². The van der Waals surface area contributed by atoms with Crippen molar-refractivity contribution in [2.75, 3.05) is 6.54 Å². The Morgan fingerprint density at radius 1 is 1.25 bits per heavy atom. The van der Waals surface area contributed by atoms with Crippen molar-refractivity contribution in [3.63, 3.8) is 0 Å². The standard InChI is InChI=1S/C16H16ClFIN/c1-2-20-16(10-11-5-3-4-6-14(11)18)12-7-8-15(19)13(17)9-12/h3-9,16,20H,2,10H2,1H3. The third kappa shape index (κ3) is 3.93. The summed E-state index contributed by atoms with van der Waals surface area (Å²) in [5.41, 5.74) is 1.80. The van der Waals surface area contributed by atoms with E-state index in [2.05, 4.69) is 27.9 Å². The van der Waals surface area contributed by atoms with Gasteiger partial charge in [-0.25, -0.2) is 4.39 Å². The van der Waals surface area contributed by atoms with Crippen molar-refractivity contribution in [2.24, 2.45) is 0 Å². The quantitative estimate of drug-likeness (QED) is 0.695. The van der Waals surface area contributed by atoms with Gasteiger partial charge in [-0.05, 0) is 64.9 Å². The van der Waals surface area contributed by atoms with Crippen molar-refractivity contribution < 1.29 is 4.39 Å². The van der Waals surface area contributed by atoms with Gasteiger partial charge < -0.3 is 5.32 Å². The fraction of sp³-hybridized carbons (Fsp3) is 0.250. The first-order valence-corrected chi connectivity index (χ1v) is 7.99. The molecule has 1 nitrogen and oxygen atoms in total. The van der Waals surface area contributed by atoms with Gasteiger partial charge in [0.05, 0.1) is 5.02 Å². The first-order valence-electron chi connectivity index (χ1n) is 6.53. The number of hydrogen-bond acceptors (Lipinski definition) is 1. The summed E-state index contributed by atoms with van der Waals surface area (Å²) in [7, 11) is 0. The van der Waals surface area contributed by atoms with E-state index in [0.29, 0.717) is 12.0 Å². The Labute approximate surface area is 137 Å². The molecule has 0 aromatic heterocycles. The largest absolute Gasteiger partial charge is 0.310 e. The molecule has 4 heteroatoms. The summed E-state index contributed by atoms with van der Waals surface area (Å²) in [6.07, 6.45) is 0.609. The van der Waals surface area contributed by atoms with Crippen LogP contribution in [0, 0.1) is 9.39 Å². The lowest BCUT2D eigenvalue weighted by Crippen LogP contribution is -2.23. The Morgan fingerprint density at radius 3 is 2.65 bits per heavy atom. The minimum absolute atomic E-state index is 0.0615. The molecule has 2 aromatic carbocycles. The number of halogens is 3. The zero-order chi connectivity index (χ0) is 14.5. The van der Waals surface area contributed by atoms with Crippen LogP contribution in [0.4, 0.5) is 4.39 Å². The van der Waals surface area contributed by atoms with Gasteiger partial charge in [-0.1, -0.05) is 42.8 Å². The molecule has 0 bridgehead atoms. The van der Waals surface area contributed by atoms with Crippen LogP contribution in [-0.2, 0) is 6.42 Å². The fourth-order valence-corrected chi connectivity index (χ4v) is 2.69. The summed E-state index contributed by atoms with van der Waals surface area (Å²) < 4.78 is 14.8. The highest BCUT2D eigenvalue weighted by Crippen LogP contribution is 2.26.